The molecule has 0 spiro atoms. The van der Waals surface area contributed by atoms with Crippen molar-refractivity contribution in [2.45, 2.75) is 12.8 Å². The van der Waals surface area contributed by atoms with E-state index >= 15 is 0 Å². The zero-order valence-electron chi connectivity index (χ0n) is 27.7. The van der Waals surface area contributed by atoms with Crippen LogP contribution in [0.15, 0.2) is 72.9 Å². The molecule has 2 heterocycles. The molecule has 14 nitrogen and oxygen atoms in total. The first-order valence-electron chi connectivity index (χ1n) is 15.1. The van der Waals surface area contributed by atoms with Crippen LogP contribution in [0.5, 0.6) is 34.5 Å². The van der Waals surface area contributed by atoms with Gasteiger partial charge in [-0.25, -0.2) is 9.59 Å². The fourth-order valence-corrected chi connectivity index (χ4v) is 4.73. The Balaban J connectivity index is 1.44. The number of benzene rings is 2. The first-order valence-corrected chi connectivity index (χ1v) is 15.1. The predicted molar refractivity (Wildman–Crippen MR) is 179 cm³/mol. The van der Waals surface area contributed by atoms with Crippen molar-refractivity contribution in [2.75, 3.05) is 41.5 Å². The summed E-state index contributed by atoms with van der Waals surface area (Å²) in [4.78, 5) is 76.6. The summed E-state index contributed by atoms with van der Waals surface area (Å²) in [7, 11) is 5.35. The minimum atomic E-state index is -0.972. The molecule has 0 saturated heterocycles. The van der Waals surface area contributed by atoms with Crippen molar-refractivity contribution in [3.05, 3.63) is 84.0 Å². The van der Waals surface area contributed by atoms with Gasteiger partial charge in [-0.3, -0.25) is 29.0 Å². The number of hydrogen-bond acceptors (Lipinski definition) is 12. The van der Waals surface area contributed by atoms with E-state index in [0.29, 0.717) is 24.0 Å². The molecular weight excluding hydrogens is 652 g/mol. The van der Waals surface area contributed by atoms with E-state index < -0.39 is 35.6 Å². The van der Waals surface area contributed by atoms with Crippen LogP contribution in [0.4, 0.5) is 0 Å². The molecular formula is C36H34N2O12. The van der Waals surface area contributed by atoms with Crippen molar-refractivity contribution in [1.82, 2.24) is 9.80 Å². The third-order valence-electron chi connectivity index (χ3n) is 7.19. The number of esters is 2. The molecule has 0 N–H and O–H groups in total. The Hall–Kier alpha value is -6.44. The summed E-state index contributed by atoms with van der Waals surface area (Å²) in [5.74, 6) is -3.58. The molecule has 0 aromatic heterocycles. The Kier molecular flexibility index (Phi) is 12.5. The van der Waals surface area contributed by atoms with Crippen molar-refractivity contribution in [2.24, 2.45) is 0 Å². The molecule has 4 amide bonds. The van der Waals surface area contributed by atoms with E-state index in [1.165, 1.54) is 89.2 Å². The van der Waals surface area contributed by atoms with E-state index in [1.807, 2.05) is 0 Å². The minimum Gasteiger partial charge on any atom is -0.493 e. The lowest BCUT2D eigenvalue weighted by atomic mass is 10.1. The first kappa shape index (κ1) is 36.4. The molecule has 0 aliphatic carbocycles. The Morgan fingerprint density at radius 1 is 0.560 bits per heavy atom. The highest BCUT2D eigenvalue weighted by molar-refractivity contribution is 6.07. The van der Waals surface area contributed by atoms with E-state index in [9.17, 15) is 28.8 Å². The average molecular weight is 687 g/mol. The highest BCUT2D eigenvalue weighted by Gasteiger charge is 2.22. The molecule has 2 aromatic carbocycles. The topological polar surface area (TPSA) is 164 Å². The van der Waals surface area contributed by atoms with Crippen LogP contribution in [-0.2, 0) is 28.8 Å². The highest BCUT2D eigenvalue weighted by atomic mass is 16.6. The van der Waals surface area contributed by atoms with Gasteiger partial charge in [-0.1, -0.05) is 12.2 Å². The molecule has 14 heteroatoms. The number of amides is 4. The third kappa shape index (κ3) is 9.13. The molecule has 0 fully saturated rings. The van der Waals surface area contributed by atoms with Gasteiger partial charge in [-0.05, 0) is 72.5 Å². The quantitative estimate of drug-likeness (QED) is 0.182. The van der Waals surface area contributed by atoms with Crippen LogP contribution in [0.1, 0.15) is 24.0 Å². The largest absolute Gasteiger partial charge is 0.493 e. The number of hydrogen-bond donors (Lipinski definition) is 0. The molecule has 0 bridgehead atoms. The monoisotopic (exact) mass is 686 g/mol. The van der Waals surface area contributed by atoms with Crippen LogP contribution in [-0.4, -0.2) is 86.9 Å². The smallest absolute Gasteiger partial charge is 0.336 e. The van der Waals surface area contributed by atoms with Gasteiger partial charge in [-0.15, -0.1) is 0 Å². The van der Waals surface area contributed by atoms with Gasteiger partial charge in [0.25, 0.3) is 23.6 Å². The van der Waals surface area contributed by atoms with Gasteiger partial charge in [-0.2, -0.15) is 0 Å². The summed E-state index contributed by atoms with van der Waals surface area (Å²) in [5.41, 5.74) is 0.910. The Labute approximate surface area is 287 Å². The van der Waals surface area contributed by atoms with E-state index in [-0.39, 0.29) is 47.6 Å². The second kappa shape index (κ2) is 17.1. The van der Waals surface area contributed by atoms with Crippen molar-refractivity contribution in [1.29, 1.82) is 0 Å². The zero-order valence-corrected chi connectivity index (χ0v) is 27.7. The van der Waals surface area contributed by atoms with Gasteiger partial charge >= 0.3 is 11.9 Å². The minimum absolute atomic E-state index is 0.0856. The number of methoxy groups -OCH3 is 4. The molecule has 2 aliphatic heterocycles. The second-order valence-corrected chi connectivity index (χ2v) is 10.4. The molecule has 2 aromatic rings. The number of rotatable bonds is 12. The fourth-order valence-electron chi connectivity index (χ4n) is 4.73. The molecule has 0 unspecified atom stereocenters. The summed E-state index contributed by atoms with van der Waals surface area (Å²) in [6.07, 6.45) is 14.3. The van der Waals surface area contributed by atoms with Gasteiger partial charge in [0.2, 0.25) is 11.5 Å². The van der Waals surface area contributed by atoms with Gasteiger partial charge in [0.15, 0.2) is 23.0 Å². The van der Waals surface area contributed by atoms with Crippen LogP contribution < -0.4 is 28.4 Å². The van der Waals surface area contributed by atoms with E-state index in [4.69, 9.17) is 28.4 Å². The maximum atomic E-state index is 12.7. The third-order valence-corrected chi connectivity index (χ3v) is 7.19. The zero-order chi connectivity index (χ0) is 36.2. The standard InChI is InChI=1S/C36H34N2O12/c1-45-25-19-23(11-13-31(41)37-17-7-5-9-29(37)39)20-26(46-2)35(25)49-33(43)15-16-34(44)50-36-27(47-3)21-24(22-28(36)48-4)12-14-32(42)38-18-8-6-10-30(38)40/h5-6,9-16,19-22H,7-8,17-18H2,1-4H3/b13-11+,14-12+,16-15+. The summed E-state index contributed by atoms with van der Waals surface area (Å²) in [6, 6.07) is 5.96. The summed E-state index contributed by atoms with van der Waals surface area (Å²) >= 11 is 0. The maximum Gasteiger partial charge on any atom is 0.336 e. The van der Waals surface area contributed by atoms with Crippen LogP contribution in [0, 0.1) is 0 Å². The lowest BCUT2D eigenvalue weighted by molar-refractivity contribution is -0.140. The number of carbonyl (C=O) groups excluding carboxylic acids is 6. The number of imide groups is 2. The molecule has 4 rings (SSSR count). The van der Waals surface area contributed by atoms with Crippen molar-refractivity contribution in [3.63, 3.8) is 0 Å². The summed E-state index contributed by atoms with van der Waals surface area (Å²) in [6.45, 7) is 0.551. The molecule has 50 heavy (non-hydrogen) atoms. The Morgan fingerprint density at radius 2 is 0.900 bits per heavy atom. The SMILES string of the molecule is COc1cc(/C=C/C(=O)N2CCC=CC2=O)cc(OC)c1OC(=O)/C=C/C(=O)Oc1c(OC)cc(/C=C/C(=O)N2CCC=CC2=O)cc1OC. The number of ether oxygens (including phenoxy) is 6. The van der Waals surface area contributed by atoms with E-state index in [1.54, 1.807) is 12.2 Å². The average Bonchev–Trinajstić information content (AvgIpc) is 3.12. The Bertz CT molecular complexity index is 1650. The number of carbonyl (C=O) groups is 6. The van der Waals surface area contributed by atoms with Crippen LogP contribution in [0.2, 0.25) is 0 Å². The van der Waals surface area contributed by atoms with Crippen LogP contribution in [0.3, 0.4) is 0 Å². The van der Waals surface area contributed by atoms with Crippen LogP contribution >= 0.6 is 0 Å². The highest BCUT2D eigenvalue weighted by Crippen LogP contribution is 2.40. The predicted octanol–water partition coefficient (Wildman–Crippen LogP) is 3.44. The van der Waals surface area contributed by atoms with Gasteiger partial charge in [0, 0.05) is 37.4 Å². The normalized spacial score (nSPS) is 14.4. The Morgan fingerprint density at radius 3 is 1.20 bits per heavy atom. The summed E-state index contributed by atoms with van der Waals surface area (Å²) in [5, 5.41) is 0. The van der Waals surface area contributed by atoms with Gasteiger partial charge < -0.3 is 28.4 Å². The van der Waals surface area contributed by atoms with Crippen molar-refractivity contribution < 1.29 is 57.2 Å². The fraction of sp³-hybridized carbons (Fsp3) is 0.222. The lowest BCUT2D eigenvalue weighted by Gasteiger charge is -2.19. The number of nitrogens with zero attached hydrogens (tertiary/aromatic N) is 2. The summed E-state index contributed by atoms with van der Waals surface area (Å²) < 4.78 is 32.3. The molecule has 0 atom stereocenters. The lowest BCUT2D eigenvalue weighted by Crippen LogP contribution is -2.37. The van der Waals surface area contributed by atoms with E-state index in [2.05, 4.69) is 0 Å². The van der Waals surface area contributed by atoms with Crippen molar-refractivity contribution >= 4 is 47.7 Å². The van der Waals surface area contributed by atoms with Crippen molar-refractivity contribution in [3.8, 4) is 34.5 Å². The maximum absolute atomic E-state index is 12.7. The second-order valence-electron chi connectivity index (χ2n) is 10.4. The van der Waals surface area contributed by atoms with Crippen LogP contribution in [0.25, 0.3) is 12.2 Å². The van der Waals surface area contributed by atoms with Gasteiger partial charge in [0.05, 0.1) is 28.4 Å². The molecule has 0 saturated carbocycles. The van der Waals surface area contributed by atoms with Gasteiger partial charge in [0.1, 0.15) is 0 Å². The van der Waals surface area contributed by atoms with E-state index in [0.717, 1.165) is 22.0 Å². The molecule has 2 aliphatic rings. The molecule has 260 valence electrons. The molecule has 0 radical (unpaired) electrons. The first-order chi connectivity index (χ1) is 24.1.